The molecule has 0 radical (unpaired) electrons. The topological polar surface area (TPSA) is 61.1 Å². The van der Waals surface area contributed by atoms with Gasteiger partial charge in [0.25, 0.3) is 0 Å². The van der Waals surface area contributed by atoms with Gasteiger partial charge in [-0.05, 0) is 35.9 Å². The van der Waals surface area contributed by atoms with Crippen LogP contribution in [0.2, 0.25) is 0 Å². The summed E-state index contributed by atoms with van der Waals surface area (Å²) >= 11 is -0.407. The average molecular weight is 275 g/mol. The van der Waals surface area contributed by atoms with E-state index in [9.17, 15) is 18.0 Å². The van der Waals surface area contributed by atoms with E-state index < -0.39 is 29.7 Å². The second-order valence-corrected chi connectivity index (χ2v) is 4.61. The fourth-order valence-corrected chi connectivity index (χ4v) is 2.08. The minimum absolute atomic E-state index is 0.0568. The van der Waals surface area contributed by atoms with Crippen LogP contribution in [0.1, 0.15) is 16.7 Å². The molecular weight excluding hydrogens is 267 g/mol. The third-order valence-corrected chi connectivity index (χ3v) is 2.93. The first-order valence-electron chi connectivity index (χ1n) is 4.74. The molecule has 0 spiro atoms. The number of hydrogen-bond donors (Lipinski definition) is 1. The summed E-state index contributed by atoms with van der Waals surface area (Å²) in [6, 6.07) is 4.16. The Morgan fingerprint density at radius 3 is 2.56 bits per heavy atom. The van der Waals surface area contributed by atoms with E-state index in [0.29, 0.717) is 5.56 Å². The molecule has 0 aliphatic carbocycles. The Balaban J connectivity index is 3.26. The lowest BCUT2D eigenvalue weighted by Gasteiger charge is -2.11. The molecule has 0 aromatic heterocycles. The van der Waals surface area contributed by atoms with Gasteiger partial charge in [-0.2, -0.15) is 18.4 Å². The predicted octanol–water partition coefficient (Wildman–Crippen LogP) is 3.11. The SMILES string of the molecule is Cc1cc(CC(=O)O)c(SC(F)(F)F)cc1C#N. The number of aliphatic carboxylic acids is 1. The Labute approximate surface area is 105 Å². The molecule has 7 heteroatoms. The largest absolute Gasteiger partial charge is 0.481 e. The average Bonchev–Trinajstić information content (AvgIpc) is 2.19. The van der Waals surface area contributed by atoms with Crippen LogP contribution in [0, 0.1) is 18.3 Å². The molecule has 1 aromatic rings. The summed E-state index contributed by atoms with van der Waals surface area (Å²) in [5, 5.41) is 17.4. The number of carbonyl (C=O) groups is 1. The molecule has 18 heavy (non-hydrogen) atoms. The minimum atomic E-state index is -4.52. The number of halogens is 3. The fourth-order valence-electron chi connectivity index (χ4n) is 1.39. The van der Waals surface area contributed by atoms with Gasteiger partial charge in [-0.15, -0.1) is 0 Å². The predicted molar refractivity (Wildman–Crippen MR) is 59.1 cm³/mol. The molecule has 1 N–H and O–H groups in total. The molecule has 96 valence electrons. The van der Waals surface area contributed by atoms with Crippen LogP contribution in [0.5, 0.6) is 0 Å². The van der Waals surface area contributed by atoms with Crippen molar-refractivity contribution in [2.45, 2.75) is 23.7 Å². The van der Waals surface area contributed by atoms with Crippen LogP contribution >= 0.6 is 11.8 Å². The summed E-state index contributed by atoms with van der Waals surface area (Å²) in [5.74, 6) is -1.22. The Kier molecular flexibility index (Phi) is 4.24. The first-order chi connectivity index (χ1) is 8.23. The van der Waals surface area contributed by atoms with E-state index >= 15 is 0 Å². The quantitative estimate of drug-likeness (QED) is 0.861. The monoisotopic (exact) mass is 275 g/mol. The van der Waals surface area contributed by atoms with Crippen LogP contribution in [0.25, 0.3) is 0 Å². The van der Waals surface area contributed by atoms with Crippen molar-refractivity contribution in [1.29, 1.82) is 5.26 Å². The third kappa shape index (κ3) is 3.96. The lowest BCUT2D eigenvalue weighted by atomic mass is 10.0. The molecule has 1 rings (SSSR count). The van der Waals surface area contributed by atoms with Crippen LogP contribution in [-0.2, 0) is 11.2 Å². The van der Waals surface area contributed by atoms with E-state index in [2.05, 4.69) is 0 Å². The van der Waals surface area contributed by atoms with Crippen LogP contribution < -0.4 is 0 Å². The summed E-state index contributed by atoms with van der Waals surface area (Å²) in [4.78, 5) is 10.4. The zero-order chi connectivity index (χ0) is 13.9. The maximum atomic E-state index is 12.3. The molecule has 0 fully saturated rings. The molecule has 0 bridgehead atoms. The van der Waals surface area contributed by atoms with Gasteiger partial charge in [0.2, 0.25) is 0 Å². The Morgan fingerprint density at radius 1 is 1.50 bits per heavy atom. The van der Waals surface area contributed by atoms with E-state index in [1.54, 1.807) is 13.0 Å². The molecule has 1 aromatic carbocycles. The summed E-state index contributed by atoms with van der Waals surface area (Å²) in [6.45, 7) is 1.55. The van der Waals surface area contributed by atoms with E-state index in [4.69, 9.17) is 10.4 Å². The molecule has 0 saturated heterocycles. The van der Waals surface area contributed by atoms with Crippen molar-refractivity contribution in [2.24, 2.45) is 0 Å². The lowest BCUT2D eigenvalue weighted by molar-refractivity contribution is -0.136. The number of thioether (sulfide) groups is 1. The van der Waals surface area contributed by atoms with Crippen LogP contribution in [0.15, 0.2) is 17.0 Å². The molecule has 0 aliphatic heterocycles. The molecule has 0 atom stereocenters. The molecule has 0 amide bonds. The molecule has 0 unspecified atom stereocenters. The number of aryl methyl sites for hydroxylation is 1. The zero-order valence-electron chi connectivity index (χ0n) is 9.21. The maximum absolute atomic E-state index is 12.3. The summed E-state index contributed by atoms with van der Waals surface area (Å²) in [5.41, 5.74) is -3.90. The van der Waals surface area contributed by atoms with Gasteiger partial charge < -0.3 is 5.11 Å². The van der Waals surface area contributed by atoms with Crippen LogP contribution in [-0.4, -0.2) is 16.6 Å². The van der Waals surface area contributed by atoms with Gasteiger partial charge in [0.1, 0.15) is 0 Å². The summed E-state index contributed by atoms with van der Waals surface area (Å²) in [7, 11) is 0. The van der Waals surface area contributed by atoms with Gasteiger partial charge in [0, 0.05) is 4.90 Å². The number of carboxylic acid groups (broad SMARTS) is 1. The van der Waals surface area contributed by atoms with Gasteiger partial charge >= 0.3 is 11.5 Å². The van der Waals surface area contributed by atoms with Crippen molar-refractivity contribution in [3.05, 3.63) is 28.8 Å². The van der Waals surface area contributed by atoms with E-state index in [-0.39, 0.29) is 16.0 Å². The summed E-state index contributed by atoms with van der Waals surface area (Å²) in [6.07, 6.45) is -0.509. The molecule has 0 aliphatic rings. The first kappa shape index (κ1) is 14.4. The van der Waals surface area contributed by atoms with Gasteiger partial charge in [0.15, 0.2) is 0 Å². The lowest BCUT2D eigenvalue weighted by Crippen LogP contribution is -2.06. The van der Waals surface area contributed by atoms with Crippen molar-refractivity contribution in [3.63, 3.8) is 0 Å². The number of benzene rings is 1. The van der Waals surface area contributed by atoms with Gasteiger partial charge in [-0.25, -0.2) is 0 Å². The normalized spacial score (nSPS) is 11.1. The third-order valence-electron chi connectivity index (χ3n) is 2.10. The van der Waals surface area contributed by atoms with Gasteiger partial charge in [-0.3, -0.25) is 4.79 Å². The van der Waals surface area contributed by atoms with Crippen molar-refractivity contribution in [3.8, 4) is 6.07 Å². The molecule has 3 nitrogen and oxygen atoms in total. The Hall–Kier alpha value is -1.68. The highest BCUT2D eigenvalue weighted by Crippen LogP contribution is 2.39. The molecule has 0 heterocycles. The number of hydrogen-bond acceptors (Lipinski definition) is 3. The van der Waals surface area contributed by atoms with Gasteiger partial charge in [0.05, 0.1) is 18.1 Å². The number of nitriles is 1. The maximum Gasteiger partial charge on any atom is 0.446 e. The second kappa shape index (κ2) is 5.31. The Bertz CT molecular complexity index is 520. The minimum Gasteiger partial charge on any atom is -0.481 e. The highest BCUT2D eigenvalue weighted by atomic mass is 32.2. The zero-order valence-corrected chi connectivity index (χ0v) is 10.0. The number of alkyl halides is 3. The number of rotatable bonds is 3. The van der Waals surface area contributed by atoms with E-state index in [0.717, 1.165) is 6.07 Å². The number of carboxylic acids is 1. The standard InChI is InChI=1S/C11H8F3NO2S/c1-6-2-7(4-10(16)17)9(3-8(6)5-15)18-11(12,13)14/h2-3H,4H2,1H3,(H,16,17). The van der Waals surface area contributed by atoms with E-state index in [1.807, 2.05) is 0 Å². The van der Waals surface area contributed by atoms with Crippen molar-refractivity contribution < 1.29 is 23.1 Å². The van der Waals surface area contributed by atoms with Crippen LogP contribution in [0.4, 0.5) is 13.2 Å². The Morgan fingerprint density at radius 2 is 2.11 bits per heavy atom. The highest BCUT2D eigenvalue weighted by molar-refractivity contribution is 8.00. The van der Waals surface area contributed by atoms with Gasteiger partial charge in [-0.1, -0.05) is 6.07 Å². The first-order valence-corrected chi connectivity index (χ1v) is 5.55. The van der Waals surface area contributed by atoms with Crippen molar-refractivity contribution >= 4 is 17.7 Å². The fraction of sp³-hybridized carbons (Fsp3) is 0.273. The molecule has 0 saturated carbocycles. The molecular formula is C11H8F3NO2S. The van der Waals surface area contributed by atoms with Crippen molar-refractivity contribution in [1.82, 2.24) is 0 Å². The van der Waals surface area contributed by atoms with E-state index in [1.165, 1.54) is 6.07 Å². The van der Waals surface area contributed by atoms with Crippen LogP contribution in [0.3, 0.4) is 0 Å². The highest BCUT2D eigenvalue weighted by Gasteiger charge is 2.31. The number of nitrogens with zero attached hydrogens (tertiary/aromatic N) is 1. The van der Waals surface area contributed by atoms with Crippen molar-refractivity contribution in [2.75, 3.05) is 0 Å². The smallest absolute Gasteiger partial charge is 0.446 e. The second-order valence-electron chi connectivity index (χ2n) is 3.50. The summed E-state index contributed by atoms with van der Waals surface area (Å²) < 4.78 is 37.0.